The van der Waals surface area contributed by atoms with Crippen molar-refractivity contribution in [2.24, 2.45) is 0 Å². The molecular weight excluding hydrogens is 276 g/mol. The summed E-state index contributed by atoms with van der Waals surface area (Å²) in [5.74, 6) is 0.551. The minimum atomic E-state index is -0.247. The van der Waals surface area contributed by atoms with E-state index in [0.717, 1.165) is 5.82 Å². The van der Waals surface area contributed by atoms with Crippen molar-refractivity contribution in [1.82, 2.24) is 9.97 Å². The van der Waals surface area contributed by atoms with Crippen LogP contribution in [0.4, 0.5) is 11.5 Å². The van der Waals surface area contributed by atoms with Gasteiger partial charge in [0.2, 0.25) is 0 Å². The average Bonchev–Trinajstić information content (AvgIpc) is 3.26. The lowest BCUT2D eigenvalue weighted by atomic mass is 10.2. The highest BCUT2D eigenvalue weighted by atomic mass is 35.5. The van der Waals surface area contributed by atoms with Gasteiger partial charge in [-0.1, -0.05) is 11.6 Å². The molecule has 0 bridgehead atoms. The van der Waals surface area contributed by atoms with Gasteiger partial charge >= 0.3 is 0 Å². The van der Waals surface area contributed by atoms with Gasteiger partial charge in [-0.05, 0) is 31.0 Å². The number of nitrogens with one attached hydrogen (secondary N) is 2. The van der Waals surface area contributed by atoms with Gasteiger partial charge in [-0.15, -0.1) is 0 Å². The van der Waals surface area contributed by atoms with E-state index in [-0.39, 0.29) is 5.91 Å². The van der Waals surface area contributed by atoms with Crippen molar-refractivity contribution < 1.29 is 4.79 Å². The van der Waals surface area contributed by atoms with Gasteiger partial charge in [-0.2, -0.15) is 0 Å². The molecule has 2 heterocycles. The number of carbonyl (C=O) groups excluding carboxylic acids is 1. The predicted octanol–water partition coefficient (Wildman–Crippen LogP) is 2.96. The molecule has 0 aliphatic heterocycles. The van der Waals surface area contributed by atoms with Crippen LogP contribution in [0.25, 0.3) is 0 Å². The molecule has 5 nitrogen and oxygen atoms in total. The molecule has 3 rings (SSSR count). The molecule has 1 aliphatic carbocycles. The van der Waals surface area contributed by atoms with Crippen molar-refractivity contribution in [3.63, 3.8) is 0 Å². The van der Waals surface area contributed by atoms with Crippen LogP contribution in [-0.4, -0.2) is 21.9 Å². The highest BCUT2D eigenvalue weighted by Crippen LogP contribution is 2.24. The first kappa shape index (κ1) is 12.9. The van der Waals surface area contributed by atoms with E-state index < -0.39 is 0 Å². The zero-order valence-corrected chi connectivity index (χ0v) is 11.4. The largest absolute Gasteiger partial charge is 0.367 e. The van der Waals surface area contributed by atoms with Gasteiger partial charge in [-0.3, -0.25) is 9.78 Å². The summed E-state index contributed by atoms with van der Waals surface area (Å²) in [6.07, 6.45) is 6.98. The van der Waals surface area contributed by atoms with E-state index in [4.69, 9.17) is 11.6 Å². The van der Waals surface area contributed by atoms with E-state index in [1.54, 1.807) is 30.6 Å². The molecule has 2 aromatic rings. The third kappa shape index (κ3) is 3.05. The maximum Gasteiger partial charge on any atom is 0.257 e. The van der Waals surface area contributed by atoms with Crippen LogP contribution in [0, 0.1) is 0 Å². The van der Waals surface area contributed by atoms with Crippen molar-refractivity contribution in [1.29, 1.82) is 0 Å². The summed E-state index contributed by atoms with van der Waals surface area (Å²) in [5, 5.41) is 6.40. The topological polar surface area (TPSA) is 66.9 Å². The second kappa shape index (κ2) is 5.46. The normalized spacial score (nSPS) is 13.8. The van der Waals surface area contributed by atoms with Gasteiger partial charge in [0.15, 0.2) is 0 Å². The van der Waals surface area contributed by atoms with Crippen molar-refractivity contribution >= 4 is 29.0 Å². The molecular formula is C14H13ClN4O. The standard InChI is InChI=1S/C14H13ClN4O/c15-11-8-16-6-5-12(11)19-14(20)9-1-4-13(17-7-9)18-10-2-3-10/h1,4-8,10H,2-3H2,(H,17,18)(H,16,19,20). The highest BCUT2D eigenvalue weighted by molar-refractivity contribution is 6.33. The van der Waals surface area contributed by atoms with Crippen LogP contribution >= 0.6 is 11.6 Å². The predicted molar refractivity (Wildman–Crippen MR) is 78.1 cm³/mol. The molecule has 1 amide bonds. The first-order valence-corrected chi connectivity index (χ1v) is 6.73. The van der Waals surface area contributed by atoms with Crippen LogP contribution in [0.2, 0.25) is 5.02 Å². The average molecular weight is 289 g/mol. The molecule has 0 unspecified atom stereocenters. The van der Waals surface area contributed by atoms with Crippen LogP contribution in [0.1, 0.15) is 23.2 Å². The zero-order valence-electron chi connectivity index (χ0n) is 10.6. The lowest BCUT2D eigenvalue weighted by Crippen LogP contribution is -2.13. The fourth-order valence-corrected chi connectivity index (χ4v) is 1.89. The highest BCUT2D eigenvalue weighted by Gasteiger charge is 2.21. The quantitative estimate of drug-likeness (QED) is 0.908. The first-order valence-electron chi connectivity index (χ1n) is 6.36. The molecule has 1 fully saturated rings. The Kier molecular flexibility index (Phi) is 3.52. The summed E-state index contributed by atoms with van der Waals surface area (Å²) in [5.41, 5.74) is 1.02. The fraction of sp³-hybridized carbons (Fsp3) is 0.214. The Balaban J connectivity index is 1.68. The van der Waals surface area contributed by atoms with Crippen molar-refractivity contribution in [2.75, 3.05) is 10.6 Å². The molecule has 20 heavy (non-hydrogen) atoms. The first-order chi connectivity index (χ1) is 9.72. The van der Waals surface area contributed by atoms with Crippen LogP contribution in [0.3, 0.4) is 0 Å². The van der Waals surface area contributed by atoms with E-state index in [2.05, 4.69) is 20.6 Å². The summed E-state index contributed by atoms with van der Waals surface area (Å²) in [6.45, 7) is 0. The van der Waals surface area contributed by atoms with E-state index >= 15 is 0 Å². The molecule has 1 saturated carbocycles. The van der Waals surface area contributed by atoms with Crippen molar-refractivity contribution in [2.45, 2.75) is 18.9 Å². The molecule has 0 spiro atoms. The Bertz CT molecular complexity index is 625. The van der Waals surface area contributed by atoms with Crippen LogP contribution in [0.5, 0.6) is 0 Å². The Morgan fingerprint density at radius 2 is 2.10 bits per heavy atom. The van der Waals surface area contributed by atoms with Gasteiger partial charge in [0, 0.05) is 24.6 Å². The van der Waals surface area contributed by atoms with E-state index in [1.165, 1.54) is 19.0 Å². The third-order valence-corrected chi connectivity index (χ3v) is 3.28. The zero-order chi connectivity index (χ0) is 13.9. The van der Waals surface area contributed by atoms with Crippen LogP contribution < -0.4 is 10.6 Å². The number of anilines is 2. The fourth-order valence-electron chi connectivity index (χ4n) is 1.72. The van der Waals surface area contributed by atoms with Gasteiger partial charge < -0.3 is 10.6 Å². The lowest BCUT2D eigenvalue weighted by molar-refractivity contribution is 0.102. The maximum atomic E-state index is 12.1. The number of rotatable bonds is 4. The number of aromatic nitrogens is 2. The molecule has 0 aromatic carbocycles. The molecule has 102 valence electrons. The summed E-state index contributed by atoms with van der Waals surface area (Å²) in [7, 11) is 0. The summed E-state index contributed by atoms with van der Waals surface area (Å²) >= 11 is 5.94. The van der Waals surface area contributed by atoms with E-state index in [1.807, 2.05) is 0 Å². The second-order valence-corrected chi connectivity index (χ2v) is 5.07. The summed E-state index contributed by atoms with van der Waals surface area (Å²) in [4.78, 5) is 20.2. The summed E-state index contributed by atoms with van der Waals surface area (Å²) < 4.78 is 0. The van der Waals surface area contributed by atoms with Gasteiger partial charge in [-0.25, -0.2) is 4.98 Å². The molecule has 0 radical (unpaired) electrons. The number of nitrogens with zero attached hydrogens (tertiary/aromatic N) is 2. The number of hydrogen-bond acceptors (Lipinski definition) is 4. The molecule has 0 saturated heterocycles. The van der Waals surface area contributed by atoms with Gasteiger partial charge in [0.05, 0.1) is 16.3 Å². The molecule has 0 atom stereocenters. The lowest BCUT2D eigenvalue weighted by Gasteiger charge is -2.07. The van der Waals surface area contributed by atoms with E-state index in [9.17, 15) is 4.79 Å². The van der Waals surface area contributed by atoms with E-state index in [0.29, 0.717) is 22.3 Å². The molecule has 2 N–H and O–H groups in total. The SMILES string of the molecule is O=C(Nc1ccncc1Cl)c1ccc(NC2CC2)nc1. The Morgan fingerprint density at radius 3 is 2.75 bits per heavy atom. The molecule has 1 aliphatic rings. The smallest absolute Gasteiger partial charge is 0.257 e. The Hall–Kier alpha value is -2.14. The van der Waals surface area contributed by atoms with Crippen LogP contribution in [0.15, 0.2) is 36.8 Å². The number of pyridine rings is 2. The number of carbonyl (C=O) groups is 1. The van der Waals surface area contributed by atoms with Crippen molar-refractivity contribution in [3.05, 3.63) is 47.4 Å². The minimum Gasteiger partial charge on any atom is -0.367 e. The van der Waals surface area contributed by atoms with Crippen molar-refractivity contribution in [3.8, 4) is 0 Å². The minimum absolute atomic E-state index is 0.247. The maximum absolute atomic E-state index is 12.1. The Labute approximate surface area is 121 Å². The molecule has 2 aromatic heterocycles. The number of halogens is 1. The monoisotopic (exact) mass is 288 g/mol. The second-order valence-electron chi connectivity index (χ2n) is 4.66. The molecule has 6 heteroatoms. The van der Waals surface area contributed by atoms with Crippen LogP contribution in [-0.2, 0) is 0 Å². The Morgan fingerprint density at radius 1 is 1.25 bits per heavy atom. The third-order valence-electron chi connectivity index (χ3n) is 2.98. The van der Waals surface area contributed by atoms with Gasteiger partial charge in [0.1, 0.15) is 5.82 Å². The number of hydrogen-bond donors (Lipinski definition) is 2. The summed E-state index contributed by atoms with van der Waals surface area (Å²) in [6, 6.07) is 5.73. The number of amides is 1. The van der Waals surface area contributed by atoms with Gasteiger partial charge in [0.25, 0.3) is 5.91 Å².